The molecule has 4 rings (SSSR count). The van der Waals surface area contributed by atoms with Crippen molar-refractivity contribution in [3.8, 4) is 0 Å². The smallest absolute Gasteiger partial charge is 0.262 e. The number of piperazine rings is 1. The topological polar surface area (TPSA) is 85.5 Å². The van der Waals surface area contributed by atoms with E-state index in [4.69, 9.17) is 0 Å². The van der Waals surface area contributed by atoms with Gasteiger partial charge in [0.05, 0.1) is 4.88 Å². The van der Waals surface area contributed by atoms with E-state index >= 15 is 0 Å². The molecule has 3 amide bonds. The highest BCUT2D eigenvalue weighted by molar-refractivity contribution is 7.12. The number of fused-ring (bicyclic) bond motifs is 1. The standard InChI is InChI=1S/C22H24N4O3S/c1-15(27)25-8-10-26(11-9-25)22(29)19(24-21(28)20-7-4-12-30-20)13-16-14-23-18-6-3-2-5-17(16)18/h2-7,12,14,19,23H,8-11,13H2,1H3,(H,24,28). The fraction of sp³-hybridized carbons (Fsp3) is 0.318. The van der Waals surface area contributed by atoms with Crippen LogP contribution in [0.3, 0.4) is 0 Å². The van der Waals surface area contributed by atoms with Crippen molar-refractivity contribution >= 4 is 40.0 Å². The number of carbonyl (C=O) groups excluding carboxylic acids is 3. The molecule has 3 heterocycles. The van der Waals surface area contributed by atoms with Crippen LogP contribution in [0.4, 0.5) is 0 Å². The Morgan fingerprint density at radius 3 is 2.50 bits per heavy atom. The Morgan fingerprint density at radius 1 is 1.07 bits per heavy atom. The minimum absolute atomic E-state index is 0.0171. The summed E-state index contributed by atoms with van der Waals surface area (Å²) >= 11 is 1.35. The summed E-state index contributed by atoms with van der Waals surface area (Å²) in [5.41, 5.74) is 1.98. The Kier molecular flexibility index (Phi) is 5.85. The second-order valence-electron chi connectivity index (χ2n) is 7.40. The van der Waals surface area contributed by atoms with Crippen molar-refractivity contribution in [2.45, 2.75) is 19.4 Å². The molecule has 1 unspecified atom stereocenters. The molecule has 1 aliphatic heterocycles. The number of aromatic nitrogens is 1. The predicted octanol–water partition coefficient (Wildman–Crippen LogP) is 2.26. The van der Waals surface area contributed by atoms with Crippen LogP contribution < -0.4 is 5.32 Å². The maximum atomic E-state index is 13.3. The van der Waals surface area contributed by atoms with Gasteiger partial charge in [-0.25, -0.2) is 0 Å². The van der Waals surface area contributed by atoms with Gasteiger partial charge in [0.2, 0.25) is 11.8 Å². The number of carbonyl (C=O) groups is 3. The van der Waals surface area contributed by atoms with Gasteiger partial charge in [-0.1, -0.05) is 24.3 Å². The zero-order chi connectivity index (χ0) is 21.1. The number of thiophene rings is 1. The molecule has 0 aliphatic carbocycles. The molecular formula is C22H24N4O3S. The molecule has 1 aromatic carbocycles. The summed E-state index contributed by atoms with van der Waals surface area (Å²) < 4.78 is 0. The molecule has 1 fully saturated rings. The lowest BCUT2D eigenvalue weighted by Crippen LogP contribution is -2.56. The second kappa shape index (κ2) is 8.71. The highest BCUT2D eigenvalue weighted by Crippen LogP contribution is 2.20. The fourth-order valence-corrected chi connectivity index (χ4v) is 4.45. The zero-order valence-electron chi connectivity index (χ0n) is 16.8. The molecule has 30 heavy (non-hydrogen) atoms. The Balaban J connectivity index is 1.54. The number of nitrogens with one attached hydrogen (secondary N) is 2. The number of para-hydroxylation sites is 1. The molecule has 0 spiro atoms. The number of hydrogen-bond acceptors (Lipinski definition) is 4. The van der Waals surface area contributed by atoms with Crippen molar-refractivity contribution in [1.82, 2.24) is 20.1 Å². The third-order valence-corrected chi connectivity index (χ3v) is 6.35. The van der Waals surface area contributed by atoms with Crippen molar-refractivity contribution in [3.05, 3.63) is 58.4 Å². The average Bonchev–Trinajstić information content (AvgIpc) is 3.43. The molecule has 1 atom stereocenters. The number of nitrogens with zero attached hydrogens (tertiary/aromatic N) is 2. The summed E-state index contributed by atoms with van der Waals surface area (Å²) in [7, 11) is 0. The Hall–Kier alpha value is -3.13. The third-order valence-electron chi connectivity index (χ3n) is 5.48. The van der Waals surface area contributed by atoms with Crippen molar-refractivity contribution in [2.75, 3.05) is 26.2 Å². The first kappa shape index (κ1) is 20.2. The molecule has 156 valence electrons. The van der Waals surface area contributed by atoms with Crippen LogP contribution in [-0.2, 0) is 16.0 Å². The van der Waals surface area contributed by atoms with E-state index in [2.05, 4.69) is 10.3 Å². The van der Waals surface area contributed by atoms with Crippen molar-refractivity contribution < 1.29 is 14.4 Å². The van der Waals surface area contributed by atoms with E-state index in [1.807, 2.05) is 41.9 Å². The number of amides is 3. The van der Waals surface area contributed by atoms with E-state index in [1.165, 1.54) is 11.3 Å². The molecule has 8 heteroatoms. The largest absolute Gasteiger partial charge is 0.361 e. The molecule has 3 aromatic rings. The summed E-state index contributed by atoms with van der Waals surface area (Å²) in [6.07, 6.45) is 2.29. The van der Waals surface area contributed by atoms with Crippen LogP contribution in [0, 0.1) is 0 Å². The summed E-state index contributed by atoms with van der Waals surface area (Å²) in [6, 6.07) is 10.8. The second-order valence-corrected chi connectivity index (χ2v) is 8.35. The van der Waals surface area contributed by atoms with Crippen LogP contribution in [0.1, 0.15) is 22.2 Å². The van der Waals surface area contributed by atoms with Gasteiger partial charge in [0, 0.05) is 56.6 Å². The first-order valence-corrected chi connectivity index (χ1v) is 10.8. The van der Waals surface area contributed by atoms with E-state index < -0.39 is 6.04 Å². The van der Waals surface area contributed by atoms with Gasteiger partial charge in [-0.15, -0.1) is 11.3 Å². The number of benzene rings is 1. The third kappa shape index (κ3) is 4.23. The van der Waals surface area contributed by atoms with Crippen LogP contribution in [0.2, 0.25) is 0 Å². The number of aromatic amines is 1. The summed E-state index contributed by atoms with van der Waals surface area (Å²) in [6.45, 7) is 3.51. The molecule has 1 saturated heterocycles. The Morgan fingerprint density at radius 2 is 1.80 bits per heavy atom. The highest BCUT2D eigenvalue weighted by atomic mass is 32.1. The lowest BCUT2D eigenvalue weighted by atomic mass is 10.0. The van der Waals surface area contributed by atoms with E-state index in [0.717, 1.165) is 16.5 Å². The normalized spacial score (nSPS) is 15.2. The fourth-order valence-electron chi connectivity index (χ4n) is 3.82. The van der Waals surface area contributed by atoms with Gasteiger partial charge in [-0.3, -0.25) is 14.4 Å². The van der Waals surface area contributed by atoms with Crippen LogP contribution in [-0.4, -0.2) is 64.7 Å². The molecule has 0 radical (unpaired) electrons. The lowest BCUT2D eigenvalue weighted by molar-refractivity contribution is -0.139. The summed E-state index contributed by atoms with van der Waals surface area (Å²) in [5, 5.41) is 5.82. The average molecular weight is 425 g/mol. The Labute approximate surface area is 178 Å². The van der Waals surface area contributed by atoms with Crippen molar-refractivity contribution in [2.24, 2.45) is 0 Å². The summed E-state index contributed by atoms with van der Waals surface area (Å²) in [5.74, 6) is -0.345. The molecular weight excluding hydrogens is 400 g/mol. The van der Waals surface area contributed by atoms with Crippen LogP contribution >= 0.6 is 11.3 Å². The molecule has 7 nitrogen and oxygen atoms in total. The van der Waals surface area contributed by atoms with Gasteiger partial charge >= 0.3 is 0 Å². The molecule has 0 saturated carbocycles. The number of rotatable bonds is 5. The zero-order valence-corrected chi connectivity index (χ0v) is 17.6. The minimum Gasteiger partial charge on any atom is -0.361 e. The van der Waals surface area contributed by atoms with Gasteiger partial charge in [-0.2, -0.15) is 0 Å². The Bertz CT molecular complexity index is 1050. The van der Waals surface area contributed by atoms with E-state index in [0.29, 0.717) is 37.5 Å². The minimum atomic E-state index is -0.678. The van der Waals surface area contributed by atoms with Crippen LogP contribution in [0.15, 0.2) is 48.0 Å². The first-order valence-electron chi connectivity index (χ1n) is 9.96. The van der Waals surface area contributed by atoms with Gasteiger partial charge in [-0.05, 0) is 23.1 Å². The van der Waals surface area contributed by atoms with Crippen molar-refractivity contribution in [1.29, 1.82) is 0 Å². The summed E-state index contributed by atoms with van der Waals surface area (Å²) in [4.78, 5) is 44.9. The van der Waals surface area contributed by atoms with E-state index in [-0.39, 0.29) is 17.7 Å². The quantitative estimate of drug-likeness (QED) is 0.659. The number of hydrogen-bond donors (Lipinski definition) is 2. The molecule has 2 aromatic heterocycles. The van der Waals surface area contributed by atoms with Gasteiger partial charge < -0.3 is 20.1 Å². The maximum Gasteiger partial charge on any atom is 0.262 e. The lowest BCUT2D eigenvalue weighted by Gasteiger charge is -2.36. The highest BCUT2D eigenvalue weighted by Gasteiger charge is 2.30. The first-order chi connectivity index (χ1) is 14.5. The molecule has 1 aliphatic rings. The molecule has 2 N–H and O–H groups in total. The molecule has 0 bridgehead atoms. The monoisotopic (exact) mass is 424 g/mol. The maximum absolute atomic E-state index is 13.3. The van der Waals surface area contributed by atoms with E-state index in [9.17, 15) is 14.4 Å². The van der Waals surface area contributed by atoms with Gasteiger partial charge in [0.25, 0.3) is 5.91 Å². The predicted molar refractivity (Wildman–Crippen MR) is 116 cm³/mol. The van der Waals surface area contributed by atoms with E-state index in [1.54, 1.807) is 22.8 Å². The SMILES string of the molecule is CC(=O)N1CCN(C(=O)C(Cc2c[nH]c3ccccc23)NC(=O)c2cccs2)CC1. The van der Waals surface area contributed by atoms with Crippen molar-refractivity contribution in [3.63, 3.8) is 0 Å². The number of H-pyrrole nitrogens is 1. The van der Waals surface area contributed by atoms with Gasteiger partial charge in [0.15, 0.2) is 0 Å². The van der Waals surface area contributed by atoms with Crippen LogP contribution in [0.25, 0.3) is 10.9 Å². The van der Waals surface area contributed by atoms with Gasteiger partial charge in [0.1, 0.15) is 6.04 Å². The van der Waals surface area contributed by atoms with Crippen LogP contribution in [0.5, 0.6) is 0 Å².